The Balaban J connectivity index is 1.62. The van der Waals surface area contributed by atoms with Crippen molar-refractivity contribution in [1.82, 2.24) is 20.0 Å². The molecule has 1 fully saturated rings. The number of rotatable bonds is 10. The number of benzene rings is 1. The van der Waals surface area contributed by atoms with E-state index in [0.29, 0.717) is 37.7 Å². The van der Waals surface area contributed by atoms with Crippen LogP contribution >= 0.6 is 0 Å². The lowest BCUT2D eigenvalue weighted by molar-refractivity contribution is -0.121. The van der Waals surface area contributed by atoms with Gasteiger partial charge in [0.25, 0.3) is 0 Å². The predicted molar refractivity (Wildman–Crippen MR) is 109 cm³/mol. The number of methoxy groups -OCH3 is 2. The highest BCUT2D eigenvalue weighted by molar-refractivity contribution is 5.75. The molecule has 1 aromatic carbocycles. The van der Waals surface area contributed by atoms with Crippen molar-refractivity contribution in [2.45, 2.75) is 25.4 Å². The number of amides is 1. The van der Waals surface area contributed by atoms with Crippen molar-refractivity contribution in [2.24, 2.45) is 0 Å². The lowest BCUT2D eigenvalue weighted by Crippen LogP contribution is -2.43. The third-order valence-electron chi connectivity index (χ3n) is 5.12. The van der Waals surface area contributed by atoms with Gasteiger partial charge < -0.3 is 19.5 Å². The summed E-state index contributed by atoms with van der Waals surface area (Å²) in [6, 6.07) is 7.87. The van der Waals surface area contributed by atoms with Gasteiger partial charge in [-0.2, -0.15) is 5.10 Å². The van der Waals surface area contributed by atoms with Gasteiger partial charge in [0, 0.05) is 45.0 Å². The zero-order valence-electron chi connectivity index (χ0n) is 17.2. The molecular weight excluding hydrogens is 372 g/mol. The Hall–Kier alpha value is -2.58. The molecule has 1 amide bonds. The second-order valence-electron chi connectivity index (χ2n) is 6.96. The van der Waals surface area contributed by atoms with Gasteiger partial charge in [-0.25, -0.2) is 0 Å². The average Bonchev–Trinajstić information content (AvgIpc) is 3.28. The summed E-state index contributed by atoms with van der Waals surface area (Å²) in [5, 5.41) is 7.26. The molecule has 1 N–H and O–H groups in total. The fraction of sp³-hybridized carbons (Fsp3) is 0.524. The van der Waals surface area contributed by atoms with Crippen LogP contribution < -0.4 is 14.8 Å². The average molecular weight is 402 g/mol. The Morgan fingerprint density at radius 1 is 1.24 bits per heavy atom. The zero-order chi connectivity index (χ0) is 20.5. The lowest BCUT2D eigenvalue weighted by Gasteiger charge is -2.35. The fourth-order valence-electron chi connectivity index (χ4n) is 3.54. The van der Waals surface area contributed by atoms with Crippen LogP contribution in [0.15, 0.2) is 36.7 Å². The van der Waals surface area contributed by atoms with Gasteiger partial charge in [0.15, 0.2) is 11.5 Å². The van der Waals surface area contributed by atoms with Crippen molar-refractivity contribution in [1.29, 1.82) is 0 Å². The molecule has 0 radical (unpaired) electrons. The van der Waals surface area contributed by atoms with E-state index in [1.54, 1.807) is 20.4 Å². The summed E-state index contributed by atoms with van der Waals surface area (Å²) in [6.07, 6.45) is 4.88. The number of hydrogen-bond acceptors (Lipinski definition) is 6. The molecule has 0 bridgehead atoms. The van der Waals surface area contributed by atoms with Gasteiger partial charge in [-0.15, -0.1) is 0 Å². The van der Waals surface area contributed by atoms with E-state index in [2.05, 4.69) is 15.3 Å². The summed E-state index contributed by atoms with van der Waals surface area (Å²) in [7, 11) is 3.26. The third kappa shape index (κ3) is 5.95. The summed E-state index contributed by atoms with van der Waals surface area (Å²) < 4.78 is 18.2. The van der Waals surface area contributed by atoms with Gasteiger partial charge >= 0.3 is 0 Å². The molecule has 8 heteroatoms. The molecule has 2 heterocycles. The van der Waals surface area contributed by atoms with Gasteiger partial charge in [0.2, 0.25) is 5.91 Å². The number of ether oxygens (including phenoxy) is 3. The quantitative estimate of drug-likeness (QED) is 0.654. The van der Waals surface area contributed by atoms with Crippen LogP contribution in [0.1, 0.15) is 24.4 Å². The number of nitrogens with zero attached hydrogens (tertiary/aromatic N) is 3. The monoisotopic (exact) mass is 402 g/mol. The molecule has 1 aliphatic rings. The van der Waals surface area contributed by atoms with Crippen LogP contribution in [0.3, 0.4) is 0 Å². The highest BCUT2D eigenvalue weighted by Crippen LogP contribution is 2.32. The van der Waals surface area contributed by atoms with Gasteiger partial charge in [0.05, 0.1) is 33.5 Å². The lowest BCUT2D eigenvalue weighted by atomic mass is 10.0. The molecule has 3 rings (SSSR count). The smallest absolute Gasteiger partial charge is 0.220 e. The van der Waals surface area contributed by atoms with E-state index in [4.69, 9.17) is 14.2 Å². The number of hydrogen-bond donors (Lipinski definition) is 1. The van der Waals surface area contributed by atoms with Gasteiger partial charge in [-0.1, -0.05) is 6.07 Å². The van der Waals surface area contributed by atoms with Crippen LogP contribution in [0, 0.1) is 0 Å². The minimum absolute atomic E-state index is 0.0498. The topological polar surface area (TPSA) is 77.9 Å². The maximum atomic E-state index is 12.4. The summed E-state index contributed by atoms with van der Waals surface area (Å²) in [4.78, 5) is 14.7. The molecule has 0 spiro atoms. The van der Waals surface area contributed by atoms with Crippen LogP contribution in [-0.2, 0) is 16.1 Å². The van der Waals surface area contributed by atoms with Crippen LogP contribution in [0.5, 0.6) is 11.5 Å². The van der Waals surface area contributed by atoms with Crippen LogP contribution in [0.25, 0.3) is 0 Å². The van der Waals surface area contributed by atoms with E-state index in [-0.39, 0.29) is 11.9 Å². The summed E-state index contributed by atoms with van der Waals surface area (Å²) in [5.41, 5.74) is 1.08. The van der Waals surface area contributed by atoms with Crippen LogP contribution in [-0.4, -0.2) is 67.7 Å². The number of carbonyl (C=O) groups is 1. The van der Waals surface area contributed by atoms with Crippen molar-refractivity contribution in [3.8, 4) is 11.5 Å². The zero-order valence-corrected chi connectivity index (χ0v) is 17.2. The predicted octanol–water partition coefficient (Wildman–Crippen LogP) is 1.87. The molecule has 8 nitrogen and oxygen atoms in total. The van der Waals surface area contributed by atoms with E-state index in [1.165, 1.54) is 0 Å². The van der Waals surface area contributed by atoms with Crippen molar-refractivity contribution in [3.05, 3.63) is 42.2 Å². The van der Waals surface area contributed by atoms with E-state index in [0.717, 1.165) is 31.6 Å². The third-order valence-corrected chi connectivity index (χ3v) is 5.12. The summed E-state index contributed by atoms with van der Waals surface area (Å²) in [6.45, 7) is 4.32. The molecular formula is C21H30N4O4. The molecule has 158 valence electrons. The van der Waals surface area contributed by atoms with Crippen molar-refractivity contribution >= 4 is 5.91 Å². The molecule has 1 saturated heterocycles. The van der Waals surface area contributed by atoms with Gasteiger partial charge in [-0.3, -0.25) is 14.4 Å². The standard InChI is InChI=1S/C21H30N4O4/c1-27-19-7-6-17(15-20(19)28-2)18(24-11-13-29-14-12-24)16-22-21(26)5-3-9-25-10-4-8-23-25/h4,6-8,10,15,18H,3,5,9,11-14,16H2,1-2H3,(H,22,26). The van der Waals surface area contributed by atoms with Crippen molar-refractivity contribution < 1.29 is 19.0 Å². The highest BCUT2D eigenvalue weighted by Gasteiger charge is 2.24. The van der Waals surface area contributed by atoms with Crippen LogP contribution in [0.2, 0.25) is 0 Å². The SMILES string of the molecule is COc1ccc(C(CNC(=O)CCCn2cccn2)N2CCOCC2)cc1OC. The largest absolute Gasteiger partial charge is 0.493 e. The number of aromatic nitrogens is 2. The molecule has 1 aromatic heterocycles. The minimum atomic E-state index is 0.0498. The number of aryl methyl sites for hydroxylation is 1. The Morgan fingerprint density at radius 3 is 2.72 bits per heavy atom. The van der Waals surface area contributed by atoms with E-state index < -0.39 is 0 Å². The maximum absolute atomic E-state index is 12.4. The first-order valence-corrected chi connectivity index (χ1v) is 9.99. The highest BCUT2D eigenvalue weighted by atomic mass is 16.5. The first kappa shape index (κ1) is 21.1. The molecule has 1 atom stereocenters. The molecule has 1 aliphatic heterocycles. The first-order valence-electron chi connectivity index (χ1n) is 9.99. The second-order valence-corrected chi connectivity index (χ2v) is 6.96. The molecule has 29 heavy (non-hydrogen) atoms. The number of nitrogens with one attached hydrogen (secondary N) is 1. The van der Waals surface area contributed by atoms with Crippen LogP contribution in [0.4, 0.5) is 0 Å². The van der Waals surface area contributed by atoms with Crippen molar-refractivity contribution in [2.75, 3.05) is 47.1 Å². The Morgan fingerprint density at radius 2 is 2.03 bits per heavy atom. The number of morpholine rings is 1. The Labute approximate surface area is 171 Å². The van der Waals surface area contributed by atoms with E-state index >= 15 is 0 Å². The Bertz CT molecular complexity index is 760. The van der Waals surface area contributed by atoms with E-state index in [9.17, 15) is 4.79 Å². The first-order chi connectivity index (χ1) is 14.2. The number of carbonyl (C=O) groups excluding carboxylic acids is 1. The summed E-state index contributed by atoms with van der Waals surface area (Å²) in [5.74, 6) is 1.43. The van der Waals surface area contributed by atoms with E-state index in [1.807, 2.05) is 35.1 Å². The maximum Gasteiger partial charge on any atom is 0.220 e. The fourth-order valence-corrected chi connectivity index (χ4v) is 3.54. The molecule has 2 aromatic rings. The van der Waals surface area contributed by atoms with Gasteiger partial charge in [-0.05, 0) is 30.2 Å². The Kier molecular flexibility index (Phi) is 7.89. The molecule has 0 saturated carbocycles. The molecule has 0 aliphatic carbocycles. The van der Waals surface area contributed by atoms with Crippen molar-refractivity contribution in [3.63, 3.8) is 0 Å². The second kappa shape index (κ2) is 10.8. The van der Waals surface area contributed by atoms with Gasteiger partial charge in [0.1, 0.15) is 0 Å². The molecule has 1 unspecified atom stereocenters. The minimum Gasteiger partial charge on any atom is -0.493 e. The normalized spacial score (nSPS) is 15.7. The summed E-state index contributed by atoms with van der Waals surface area (Å²) >= 11 is 0.